The Morgan fingerprint density at radius 2 is 1.50 bits per heavy atom. The molecule has 2 amide bonds. The number of amides is 2. The monoisotopic (exact) mass is 347 g/mol. The fourth-order valence-electron chi connectivity index (χ4n) is 2.75. The number of aryl methyl sites for hydroxylation is 1. The molecule has 0 N–H and O–H groups in total. The molecule has 3 aromatic rings. The average Bonchev–Trinajstić information content (AvgIpc) is 3.17. The molecule has 0 aliphatic carbocycles. The SMILES string of the molecule is Cc1cn(-c2ccccc2)nc1C(=O)ON1C(=O)c2ccccc2C1=O. The zero-order valence-electron chi connectivity index (χ0n) is 13.7. The van der Waals surface area contributed by atoms with Crippen LogP contribution in [0.5, 0.6) is 0 Å². The minimum Gasteiger partial charge on any atom is -0.322 e. The van der Waals surface area contributed by atoms with Crippen LogP contribution >= 0.6 is 0 Å². The Labute approximate surface area is 148 Å². The minimum atomic E-state index is -0.869. The molecule has 0 spiro atoms. The molecule has 0 bridgehead atoms. The average molecular weight is 347 g/mol. The Balaban J connectivity index is 1.59. The van der Waals surface area contributed by atoms with E-state index in [4.69, 9.17) is 4.84 Å². The molecule has 7 nitrogen and oxygen atoms in total. The van der Waals surface area contributed by atoms with E-state index in [-0.39, 0.29) is 16.8 Å². The first-order valence-corrected chi connectivity index (χ1v) is 7.88. The van der Waals surface area contributed by atoms with E-state index in [2.05, 4.69) is 5.10 Å². The Hall–Kier alpha value is -3.74. The van der Waals surface area contributed by atoms with Crippen molar-refractivity contribution >= 4 is 17.8 Å². The standard InChI is InChI=1S/C19H13N3O4/c1-12-11-21(13-7-3-2-4-8-13)20-16(12)19(25)26-22-17(23)14-9-5-6-10-15(14)18(22)24/h2-11H,1H3. The van der Waals surface area contributed by atoms with Crippen molar-refractivity contribution in [3.63, 3.8) is 0 Å². The first-order valence-electron chi connectivity index (χ1n) is 7.88. The van der Waals surface area contributed by atoms with Crippen LogP contribution in [0.2, 0.25) is 0 Å². The first-order chi connectivity index (χ1) is 12.6. The second-order valence-corrected chi connectivity index (χ2v) is 5.77. The van der Waals surface area contributed by atoms with Crippen LogP contribution in [0.4, 0.5) is 0 Å². The van der Waals surface area contributed by atoms with Crippen molar-refractivity contribution < 1.29 is 19.2 Å². The summed E-state index contributed by atoms with van der Waals surface area (Å²) < 4.78 is 1.54. The smallest absolute Gasteiger partial charge is 0.322 e. The summed E-state index contributed by atoms with van der Waals surface area (Å²) in [6, 6.07) is 15.6. The summed E-state index contributed by atoms with van der Waals surface area (Å²) in [6.45, 7) is 1.70. The third-order valence-electron chi connectivity index (χ3n) is 4.04. The topological polar surface area (TPSA) is 81.5 Å². The molecule has 7 heteroatoms. The lowest BCUT2D eigenvalue weighted by atomic mass is 10.1. The molecule has 128 valence electrons. The molecule has 1 aliphatic heterocycles. The highest BCUT2D eigenvalue weighted by Crippen LogP contribution is 2.23. The molecule has 1 aromatic heterocycles. The van der Waals surface area contributed by atoms with Crippen molar-refractivity contribution in [2.45, 2.75) is 6.92 Å². The van der Waals surface area contributed by atoms with Crippen molar-refractivity contribution in [1.29, 1.82) is 0 Å². The predicted molar refractivity (Wildman–Crippen MR) is 90.7 cm³/mol. The number of hydrogen-bond donors (Lipinski definition) is 0. The van der Waals surface area contributed by atoms with Crippen molar-refractivity contribution in [3.8, 4) is 5.69 Å². The summed E-state index contributed by atoms with van der Waals surface area (Å²) in [4.78, 5) is 42.1. The lowest BCUT2D eigenvalue weighted by Gasteiger charge is -2.11. The van der Waals surface area contributed by atoms with Gasteiger partial charge in [-0.25, -0.2) is 9.48 Å². The maximum Gasteiger partial charge on any atom is 0.384 e. The van der Waals surface area contributed by atoms with Crippen molar-refractivity contribution in [1.82, 2.24) is 14.8 Å². The Morgan fingerprint density at radius 3 is 2.12 bits per heavy atom. The van der Waals surface area contributed by atoms with Gasteiger partial charge in [-0.2, -0.15) is 5.10 Å². The highest BCUT2D eigenvalue weighted by molar-refractivity contribution is 6.21. The van der Waals surface area contributed by atoms with Crippen LogP contribution in [0, 0.1) is 6.92 Å². The molecule has 4 rings (SSSR count). The summed E-state index contributed by atoms with van der Waals surface area (Å²) >= 11 is 0. The predicted octanol–water partition coefficient (Wildman–Crippen LogP) is 2.55. The summed E-state index contributed by atoms with van der Waals surface area (Å²) in [6.07, 6.45) is 1.67. The van der Waals surface area contributed by atoms with E-state index in [1.165, 1.54) is 16.8 Å². The lowest BCUT2D eigenvalue weighted by Crippen LogP contribution is -2.33. The number of aromatic nitrogens is 2. The maximum absolute atomic E-state index is 12.5. The van der Waals surface area contributed by atoms with Gasteiger partial charge in [-0.15, -0.1) is 0 Å². The first kappa shape index (κ1) is 15.8. The number of fused-ring (bicyclic) bond motifs is 1. The molecule has 0 atom stereocenters. The number of carbonyl (C=O) groups is 3. The molecule has 0 unspecified atom stereocenters. The molecule has 26 heavy (non-hydrogen) atoms. The molecular weight excluding hydrogens is 334 g/mol. The van der Waals surface area contributed by atoms with E-state index in [1.54, 1.807) is 25.3 Å². The molecular formula is C19H13N3O4. The second kappa shape index (κ2) is 5.96. The summed E-state index contributed by atoms with van der Waals surface area (Å²) in [5.41, 5.74) is 1.78. The minimum absolute atomic E-state index is 0.0328. The van der Waals surface area contributed by atoms with Gasteiger partial charge in [0.05, 0.1) is 16.8 Å². The number of hydrogen-bond acceptors (Lipinski definition) is 5. The van der Waals surface area contributed by atoms with E-state index in [0.717, 1.165) is 5.69 Å². The highest BCUT2D eigenvalue weighted by atomic mass is 16.7. The van der Waals surface area contributed by atoms with E-state index in [1.807, 2.05) is 30.3 Å². The number of para-hydroxylation sites is 1. The quantitative estimate of drug-likeness (QED) is 0.680. The van der Waals surface area contributed by atoms with E-state index >= 15 is 0 Å². The molecule has 0 radical (unpaired) electrons. The fourth-order valence-corrected chi connectivity index (χ4v) is 2.75. The van der Waals surface area contributed by atoms with Gasteiger partial charge >= 0.3 is 5.97 Å². The Morgan fingerprint density at radius 1 is 0.923 bits per heavy atom. The van der Waals surface area contributed by atoms with Gasteiger partial charge in [-0.05, 0) is 31.2 Å². The van der Waals surface area contributed by atoms with Crippen LogP contribution in [0.1, 0.15) is 36.8 Å². The van der Waals surface area contributed by atoms with Crippen molar-refractivity contribution in [2.75, 3.05) is 0 Å². The molecule has 2 aromatic carbocycles. The zero-order chi connectivity index (χ0) is 18.3. The van der Waals surface area contributed by atoms with Crippen LogP contribution in [-0.4, -0.2) is 32.6 Å². The Kier molecular flexibility index (Phi) is 3.62. The Bertz CT molecular complexity index is 1000. The summed E-state index contributed by atoms with van der Waals surface area (Å²) in [5.74, 6) is -2.20. The van der Waals surface area contributed by atoms with Gasteiger partial charge in [-0.1, -0.05) is 35.4 Å². The maximum atomic E-state index is 12.5. The molecule has 0 fully saturated rings. The van der Waals surface area contributed by atoms with Gasteiger partial charge in [0.1, 0.15) is 0 Å². The number of carbonyl (C=O) groups excluding carboxylic acids is 3. The third-order valence-corrected chi connectivity index (χ3v) is 4.04. The normalized spacial score (nSPS) is 13.0. The van der Waals surface area contributed by atoms with Crippen LogP contribution in [0.3, 0.4) is 0 Å². The fraction of sp³-hybridized carbons (Fsp3) is 0.0526. The zero-order valence-corrected chi connectivity index (χ0v) is 13.7. The van der Waals surface area contributed by atoms with Crippen LogP contribution in [-0.2, 0) is 4.84 Å². The third kappa shape index (κ3) is 2.46. The second-order valence-electron chi connectivity index (χ2n) is 5.77. The van der Waals surface area contributed by atoms with Gasteiger partial charge in [-0.3, -0.25) is 9.59 Å². The van der Waals surface area contributed by atoms with Crippen molar-refractivity contribution in [2.24, 2.45) is 0 Å². The number of rotatable bonds is 3. The van der Waals surface area contributed by atoms with Crippen LogP contribution in [0.25, 0.3) is 5.69 Å². The number of hydroxylamine groups is 2. The van der Waals surface area contributed by atoms with Gasteiger partial charge < -0.3 is 4.84 Å². The van der Waals surface area contributed by atoms with Crippen LogP contribution in [0.15, 0.2) is 60.8 Å². The van der Waals surface area contributed by atoms with E-state index in [9.17, 15) is 14.4 Å². The van der Waals surface area contributed by atoms with E-state index < -0.39 is 17.8 Å². The van der Waals surface area contributed by atoms with Gasteiger partial charge in [0.25, 0.3) is 11.8 Å². The van der Waals surface area contributed by atoms with Gasteiger partial charge in [0.15, 0.2) is 5.69 Å². The summed E-state index contributed by atoms with van der Waals surface area (Å²) in [5, 5.41) is 4.69. The van der Waals surface area contributed by atoms with E-state index in [0.29, 0.717) is 10.6 Å². The molecule has 2 heterocycles. The molecule has 0 saturated heterocycles. The highest BCUT2D eigenvalue weighted by Gasteiger charge is 2.39. The lowest BCUT2D eigenvalue weighted by molar-refractivity contribution is -0.0589. The van der Waals surface area contributed by atoms with Crippen LogP contribution < -0.4 is 0 Å². The number of imide groups is 1. The van der Waals surface area contributed by atoms with Crippen molar-refractivity contribution in [3.05, 3.63) is 83.2 Å². The molecule has 1 aliphatic rings. The molecule has 0 saturated carbocycles. The number of nitrogens with zero attached hydrogens (tertiary/aromatic N) is 3. The summed E-state index contributed by atoms with van der Waals surface area (Å²) in [7, 11) is 0. The largest absolute Gasteiger partial charge is 0.384 e. The van der Waals surface area contributed by atoms with Gasteiger partial charge in [0, 0.05) is 11.8 Å². The van der Waals surface area contributed by atoms with Gasteiger partial charge in [0.2, 0.25) is 0 Å². The number of benzene rings is 2.